The summed E-state index contributed by atoms with van der Waals surface area (Å²) in [5, 5.41) is 13.5. The molecule has 0 saturated carbocycles. The number of benzene rings is 1. The van der Waals surface area contributed by atoms with E-state index in [-0.39, 0.29) is 5.91 Å². The van der Waals surface area contributed by atoms with Gasteiger partial charge >= 0.3 is 0 Å². The first-order valence-electron chi connectivity index (χ1n) is 9.31. The second-order valence-corrected chi connectivity index (χ2v) is 8.46. The van der Waals surface area contributed by atoms with E-state index in [2.05, 4.69) is 38.7 Å². The minimum atomic E-state index is 0.00941. The monoisotopic (exact) mass is 420 g/mol. The Morgan fingerprint density at radius 3 is 2.97 bits per heavy atom. The molecule has 4 aromatic rings. The number of hydrogen-bond acceptors (Lipinski definition) is 5. The molecule has 146 valence electrons. The van der Waals surface area contributed by atoms with Crippen LogP contribution in [-0.2, 0) is 0 Å². The van der Waals surface area contributed by atoms with E-state index < -0.39 is 0 Å². The summed E-state index contributed by atoms with van der Waals surface area (Å²) in [5.41, 5.74) is 2.82. The maximum Gasteiger partial charge on any atom is 0.261 e. The average Bonchev–Trinajstić information content (AvgIpc) is 3.43. The smallest absolute Gasteiger partial charge is 0.261 e. The number of nitrogens with one attached hydrogen (secondary N) is 2. The van der Waals surface area contributed by atoms with E-state index in [0.29, 0.717) is 6.54 Å². The molecule has 0 aliphatic rings. The van der Waals surface area contributed by atoms with E-state index >= 15 is 0 Å². The second-order valence-electron chi connectivity index (χ2n) is 6.34. The molecule has 0 aliphatic carbocycles. The molecule has 4 rings (SSSR count). The molecule has 5 nitrogen and oxygen atoms in total. The lowest BCUT2D eigenvalue weighted by molar-refractivity contribution is 0.0958. The van der Waals surface area contributed by atoms with Crippen LogP contribution in [0.15, 0.2) is 65.0 Å². The van der Waals surface area contributed by atoms with Crippen LogP contribution in [0.3, 0.4) is 0 Å². The molecule has 0 unspecified atom stereocenters. The topological polar surface area (TPSA) is 70.7 Å². The van der Waals surface area contributed by atoms with Crippen molar-refractivity contribution in [3.8, 4) is 0 Å². The molecular formula is C22H20N4OS2. The van der Waals surface area contributed by atoms with Gasteiger partial charge in [0.15, 0.2) is 0 Å². The normalized spacial score (nSPS) is 11.3. The summed E-state index contributed by atoms with van der Waals surface area (Å²) in [6.45, 7) is 0.679. The highest BCUT2D eigenvalue weighted by atomic mass is 32.2. The number of rotatable bonds is 8. The zero-order valence-corrected chi connectivity index (χ0v) is 17.3. The van der Waals surface area contributed by atoms with E-state index in [9.17, 15) is 4.79 Å². The van der Waals surface area contributed by atoms with Crippen molar-refractivity contribution in [2.24, 2.45) is 0 Å². The second kappa shape index (κ2) is 9.54. The van der Waals surface area contributed by atoms with Crippen LogP contribution < -0.4 is 5.32 Å². The van der Waals surface area contributed by atoms with Gasteiger partial charge in [-0.1, -0.05) is 12.1 Å². The number of amides is 1. The Morgan fingerprint density at radius 2 is 2.14 bits per heavy atom. The number of hydrogen-bond donors (Lipinski definition) is 2. The largest absolute Gasteiger partial charge is 0.351 e. The van der Waals surface area contributed by atoms with Crippen molar-refractivity contribution in [2.75, 3.05) is 12.3 Å². The zero-order chi connectivity index (χ0) is 19.9. The maximum atomic E-state index is 11.9. The van der Waals surface area contributed by atoms with Gasteiger partial charge in [0.2, 0.25) is 0 Å². The number of aromatic amines is 1. The number of thiophene rings is 1. The summed E-state index contributed by atoms with van der Waals surface area (Å²) < 4.78 is 0. The Bertz CT molecular complexity index is 1100. The lowest BCUT2D eigenvalue weighted by Crippen LogP contribution is -2.23. The molecule has 0 radical (unpaired) electrons. The van der Waals surface area contributed by atoms with Gasteiger partial charge in [0.25, 0.3) is 5.91 Å². The fraction of sp³-hybridized carbons (Fsp3) is 0.136. The van der Waals surface area contributed by atoms with Gasteiger partial charge < -0.3 is 5.32 Å². The Balaban J connectivity index is 1.29. The van der Waals surface area contributed by atoms with E-state index in [4.69, 9.17) is 0 Å². The number of carbonyl (C=O) groups is 1. The molecule has 1 amide bonds. The number of fused-ring (bicyclic) bond motifs is 1. The van der Waals surface area contributed by atoms with Crippen molar-refractivity contribution in [1.29, 1.82) is 0 Å². The summed E-state index contributed by atoms with van der Waals surface area (Å²) in [7, 11) is 0. The minimum absolute atomic E-state index is 0.00941. The van der Waals surface area contributed by atoms with Crippen molar-refractivity contribution in [2.45, 2.75) is 11.3 Å². The zero-order valence-electron chi connectivity index (χ0n) is 15.7. The van der Waals surface area contributed by atoms with E-state index in [0.717, 1.165) is 39.3 Å². The predicted molar refractivity (Wildman–Crippen MR) is 121 cm³/mol. The molecule has 0 fully saturated rings. The number of pyridine rings is 1. The summed E-state index contributed by atoms with van der Waals surface area (Å²) in [5.74, 6) is 0.951. The average molecular weight is 421 g/mol. The molecule has 29 heavy (non-hydrogen) atoms. The van der Waals surface area contributed by atoms with Gasteiger partial charge in [0, 0.05) is 23.0 Å². The van der Waals surface area contributed by atoms with Gasteiger partial charge in [-0.25, -0.2) is 0 Å². The van der Waals surface area contributed by atoms with Gasteiger partial charge in [-0.3, -0.25) is 14.9 Å². The predicted octanol–water partition coefficient (Wildman–Crippen LogP) is 5.10. The third-order valence-corrected chi connectivity index (χ3v) is 6.23. The van der Waals surface area contributed by atoms with Crippen molar-refractivity contribution < 1.29 is 4.79 Å². The highest BCUT2D eigenvalue weighted by Gasteiger charge is 2.06. The van der Waals surface area contributed by atoms with Crippen molar-refractivity contribution in [3.63, 3.8) is 0 Å². The highest BCUT2D eigenvalue weighted by molar-refractivity contribution is 7.99. The van der Waals surface area contributed by atoms with Crippen LogP contribution in [0, 0.1) is 0 Å². The third kappa shape index (κ3) is 5.13. The van der Waals surface area contributed by atoms with Crippen LogP contribution in [0.25, 0.3) is 23.1 Å². The Labute approximate surface area is 177 Å². The van der Waals surface area contributed by atoms with E-state index in [1.54, 1.807) is 18.0 Å². The van der Waals surface area contributed by atoms with Crippen molar-refractivity contribution >= 4 is 52.1 Å². The van der Waals surface area contributed by atoms with Gasteiger partial charge in [0.05, 0.1) is 21.8 Å². The molecular weight excluding hydrogens is 400 g/mol. The highest BCUT2D eigenvalue weighted by Crippen LogP contribution is 2.25. The van der Waals surface area contributed by atoms with Crippen LogP contribution in [0.2, 0.25) is 0 Å². The first kappa shape index (κ1) is 19.4. The van der Waals surface area contributed by atoms with Crippen molar-refractivity contribution in [1.82, 2.24) is 20.5 Å². The molecule has 0 aliphatic heterocycles. The molecule has 0 bridgehead atoms. The summed E-state index contributed by atoms with van der Waals surface area (Å²) in [4.78, 5) is 18.1. The van der Waals surface area contributed by atoms with Crippen LogP contribution in [0.4, 0.5) is 0 Å². The fourth-order valence-electron chi connectivity index (χ4n) is 2.83. The molecule has 0 atom stereocenters. The Morgan fingerprint density at radius 1 is 1.17 bits per heavy atom. The van der Waals surface area contributed by atoms with E-state index in [1.807, 2.05) is 47.9 Å². The molecule has 0 spiro atoms. The molecule has 0 saturated heterocycles. The lowest BCUT2D eigenvalue weighted by atomic mass is 10.2. The van der Waals surface area contributed by atoms with Crippen molar-refractivity contribution in [3.05, 3.63) is 76.4 Å². The third-order valence-electron chi connectivity index (χ3n) is 4.28. The molecule has 3 heterocycles. The van der Waals surface area contributed by atoms with Crippen LogP contribution >= 0.6 is 23.1 Å². The first-order valence-corrected chi connectivity index (χ1v) is 11.2. The molecule has 1 aromatic carbocycles. The molecule has 2 N–H and O–H groups in total. The van der Waals surface area contributed by atoms with Crippen LogP contribution in [0.1, 0.15) is 27.5 Å². The molecule has 7 heteroatoms. The number of aromatic nitrogens is 3. The van der Waals surface area contributed by atoms with Gasteiger partial charge in [-0.15, -0.1) is 23.1 Å². The van der Waals surface area contributed by atoms with Crippen LogP contribution in [0.5, 0.6) is 0 Å². The van der Waals surface area contributed by atoms with Crippen LogP contribution in [-0.4, -0.2) is 33.4 Å². The fourth-order valence-corrected chi connectivity index (χ4v) is 4.36. The minimum Gasteiger partial charge on any atom is -0.351 e. The standard InChI is InChI=1S/C22H20N4OS2/c27-22(21-6-3-13-29-21)24-12-4-14-28-17-8-9-18-19(25-26-20(18)15-17)10-7-16-5-1-2-11-23-16/h1-3,5-11,13,15H,4,12,14H2,(H,24,27)(H,25,26). The first-order chi connectivity index (χ1) is 14.3. The maximum absolute atomic E-state index is 11.9. The lowest BCUT2D eigenvalue weighted by Gasteiger charge is -2.04. The quantitative estimate of drug-likeness (QED) is 0.307. The Hall–Kier alpha value is -2.90. The number of carbonyl (C=O) groups excluding carboxylic acids is 1. The number of H-pyrrole nitrogens is 1. The number of thioether (sulfide) groups is 1. The van der Waals surface area contributed by atoms with E-state index in [1.165, 1.54) is 16.2 Å². The Kier molecular flexibility index (Phi) is 6.38. The van der Waals surface area contributed by atoms with Gasteiger partial charge in [-0.05, 0) is 66.1 Å². The van der Waals surface area contributed by atoms with Gasteiger partial charge in [-0.2, -0.15) is 5.10 Å². The summed E-state index contributed by atoms with van der Waals surface area (Å²) in [6, 6.07) is 15.9. The SMILES string of the molecule is O=C(NCCCSc1ccc2c(C=Cc3ccccn3)n[nH]c2c1)c1cccs1. The van der Waals surface area contributed by atoms with Gasteiger partial charge in [0.1, 0.15) is 0 Å². The molecule has 3 aromatic heterocycles. The summed E-state index contributed by atoms with van der Waals surface area (Å²) in [6.07, 6.45) is 6.63. The summed E-state index contributed by atoms with van der Waals surface area (Å²) >= 11 is 3.24. The number of nitrogens with zero attached hydrogens (tertiary/aromatic N) is 2.